The van der Waals surface area contributed by atoms with E-state index in [0.29, 0.717) is 6.42 Å². The Hall–Kier alpha value is -1.27. The third-order valence-electron chi connectivity index (χ3n) is 1.76. The van der Waals surface area contributed by atoms with Gasteiger partial charge in [0.2, 0.25) is 9.84 Å². The molecule has 74 valence electrons. The lowest BCUT2D eigenvalue weighted by molar-refractivity contribution is 0.605. The van der Waals surface area contributed by atoms with Gasteiger partial charge in [0, 0.05) is 5.25 Å². The molecule has 0 heterocycles. The first-order valence-corrected chi connectivity index (χ1v) is 5.99. The van der Waals surface area contributed by atoms with E-state index in [4.69, 9.17) is 0 Å². The van der Waals surface area contributed by atoms with E-state index >= 15 is 0 Å². The Morgan fingerprint density at radius 2 is 1.86 bits per heavy atom. The van der Waals surface area contributed by atoms with Gasteiger partial charge in [0.05, 0.1) is 5.75 Å². The highest BCUT2D eigenvalue weighted by Gasteiger charge is 2.05. The largest absolute Gasteiger partial charge is 0.217 e. The van der Waals surface area contributed by atoms with E-state index in [-0.39, 0.29) is 5.75 Å². The Balaban J connectivity index is 2.61. The molecule has 0 saturated heterocycles. The molecular formula is C11H12O2S. The number of aryl methyl sites for hydroxylation is 1. The summed E-state index contributed by atoms with van der Waals surface area (Å²) in [6.45, 7) is 1.53. The van der Waals surface area contributed by atoms with Gasteiger partial charge in [0.15, 0.2) is 0 Å². The number of hydrogen-bond acceptors (Lipinski definition) is 2. The van der Waals surface area contributed by atoms with Crippen molar-refractivity contribution in [3.05, 3.63) is 35.9 Å². The molecule has 1 aromatic rings. The monoisotopic (exact) mass is 208 g/mol. The van der Waals surface area contributed by atoms with Gasteiger partial charge in [-0.3, -0.25) is 0 Å². The van der Waals surface area contributed by atoms with Crippen molar-refractivity contribution < 1.29 is 8.42 Å². The molecule has 14 heavy (non-hydrogen) atoms. The quantitative estimate of drug-likeness (QED) is 0.559. The Kier molecular flexibility index (Phi) is 3.73. The van der Waals surface area contributed by atoms with E-state index in [9.17, 15) is 8.42 Å². The summed E-state index contributed by atoms with van der Waals surface area (Å²) in [6, 6.07) is 9.52. The van der Waals surface area contributed by atoms with Crippen molar-refractivity contribution in [2.75, 3.05) is 5.75 Å². The van der Waals surface area contributed by atoms with Crippen LogP contribution < -0.4 is 0 Å². The predicted molar refractivity (Wildman–Crippen MR) is 57.4 cm³/mol. The zero-order valence-corrected chi connectivity index (χ0v) is 8.84. The molecule has 1 aromatic carbocycles. The maximum atomic E-state index is 11.2. The molecule has 0 aliphatic heterocycles. The van der Waals surface area contributed by atoms with Crippen LogP contribution in [0.15, 0.2) is 30.3 Å². The number of benzene rings is 1. The third kappa shape index (κ3) is 3.63. The van der Waals surface area contributed by atoms with Crippen LogP contribution in [0.25, 0.3) is 0 Å². The van der Waals surface area contributed by atoms with E-state index in [0.717, 1.165) is 5.56 Å². The standard InChI is InChI=1S/C11H12O2S/c1-2-9-14(12,13)10-8-11-6-4-3-5-7-11/h3-7H,8,10H2,1H3. The van der Waals surface area contributed by atoms with Crippen LogP contribution in [0, 0.1) is 11.2 Å². The van der Waals surface area contributed by atoms with Crippen LogP contribution in [0.3, 0.4) is 0 Å². The highest BCUT2D eigenvalue weighted by atomic mass is 32.2. The second kappa shape index (κ2) is 4.83. The molecule has 0 bridgehead atoms. The average molecular weight is 208 g/mol. The molecular weight excluding hydrogens is 196 g/mol. The van der Waals surface area contributed by atoms with Gasteiger partial charge >= 0.3 is 0 Å². The molecule has 0 aliphatic rings. The maximum absolute atomic E-state index is 11.2. The molecule has 0 unspecified atom stereocenters. The van der Waals surface area contributed by atoms with Crippen LogP contribution >= 0.6 is 0 Å². The SMILES string of the molecule is CC#CS(=O)(=O)CCc1ccccc1. The highest BCUT2D eigenvalue weighted by molar-refractivity contribution is 7.96. The molecule has 0 N–H and O–H groups in total. The minimum absolute atomic E-state index is 0.0951. The Morgan fingerprint density at radius 1 is 1.21 bits per heavy atom. The molecule has 0 fully saturated rings. The molecule has 0 aromatic heterocycles. The maximum Gasteiger partial charge on any atom is 0.217 e. The van der Waals surface area contributed by atoms with Crippen molar-refractivity contribution in [1.29, 1.82) is 0 Å². The lowest BCUT2D eigenvalue weighted by Gasteiger charge is -1.97. The summed E-state index contributed by atoms with van der Waals surface area (Å²) in [6.07, 6.45) is 0.526. The normalized spacial score (nSPS) is 10.4. The molecule has 1 rings (SSSR count). The molecule has 3 heteroatoms. The first-order valence-electron chi connectivity index (χ1n) is 4.34. The number of sulfone groups is 1. The zero-order chi connectivity index (χ0) is 10.4. The van der Waals surface area contributed by atoms with Crippen LogP contribution in [-0.4, -0.2) is 14.2 Å². The minimum atomic E-state index is -3.19. The van der Waals surface area contributed by atoms with E-state index in [2.05, 4.69) is 11.2 Å². The topological polar surface area (TPSA) is 34.1 Å². The van der Waals surface area contributed by atoms with Crippen LogP contribution in [0.4, 0.5) is 0 Å². The van der Waals surface area contributed by atoms with Gasteiger partial charge in [-0.05, 0) is 18.9 Å². The van der Waals surface area contributed by atoms with Gasteiger partial charge in [0.25, 0.3) is 0 Å². The molecule has 0 saturated carbocycles. The first-order chi connectivity index (χ1) is 6.64. The van der Waals surface area contributed by atoms with Crippen molar-refractivity contribution in [1.82, 2.24) is 0 Å². The summed E-state index contributed by atoms with van der Waals surface area (Å²) in [5.74, 6) is 2.50. The van der Waals surface area contributed by atoms with E-state index in [1.807, 2.05) is 30.3 Å². The summed E-state index contributed by atoms with van der Waals surface area (Å²) < 4.78 is 22.5. The highest BCUT2D eigenvalue weighted by Crippen LogP contribution is 2.01. The van der Waals surface area contributed by atoms with Crippen LogP contribution in [0.1, 0.15) is 12.5 Å². The van der Waals surface area contributed by atoms with Crippen molar-refractivity contribution in [3.63, 3.8) is 0 Å². The molecule has 0 atom stereocenters. The summed E-state index contributed by atoms with van der Waals surface area (Å²) in [7, 11) is -3.19. The second-order valence-electron chi connectivity index (χ2n) is 2.91. The summed E-state index contributed by atoms with van der Waals surface area (Å²) in [4.78, 5) is 0. The molecule has 2 nitrogen and oxygen atoms in total. The van der Waals surface area contributed by atoms with Crippen molar-refractivity contribution in [3.8, 4) is 11.2 Å². The minimum Gasteiger partial charge on any atom is -0.215 e. The molecule has 0 aliphatic carbocycles. The van der Waals surface area contributed by atoms with E-state index in [1.54, 1.807) is 0 Å². The Morgan fingerprint density at radius 3 is 2.43 bits per heavy atom. The molecule has 0 spiro atoms. The predicted octanol–water partition coefficient (Wildman–Crippen LogP) is 1.62. The second-order valence-corrected chi connectivity index (χ2v) is 4.75. The van der Waals surface area contributed by atoms with Crippen molar-refractivity contribution in [2.24, 2.45) is 0 Å². The van der Waals surface area contributed by atoms with E-state index < -0.39 is 9.84 Å². The third-order valence-corrected chi connectivity index (χ3v) is 3.02. The number of rotatable bonds is 3. The lowest BCUT2D eigenvalue weighted by Crippen LogP contribution is -2.05. The average Bonchev–Trinajstić information content (AvgIpc) is 2.17. The summed E-state index contributed by atoms with van der Waals surface area (Å²) in [5, 5.41) is 2.21. The Labute approximate surface area is 84.9 Å². The van der Waals surface area contributed by atoms with Crippen molar-refractivity contribution >= 4 is 9.84 Å². The van der Waals surface area contributed by atoms with Crippen LogP contribution in [-0.2, 0) is 16.3 Å². The van der Waals surface area contributed by atoms with Crippen LogP contribution in [0.2, 0.25) is 0 Å². The fourth-order valence-electron chi connectivity index (χ4n) is 1.10. The van der Waals surface area contributed by atoms with Gasteiger partial charge in [-0.15, -0.1) is 0 Å². The van der Waals surface area contributed by atoms with E-state index in [1.165, 1.54) is 6.92 Å². The zero-order valence-electron chi connectivity index (χ0n) is 8.03. The van der Waals surface area contributed by atoms with Gasteiger partial charge in [-0.25, -0.2) is 8.42 Å². The summed E-state index contributed by atoms with van der Waals surface area (Å²) >= 11 is 0. The van der Waals surface area contributed by atoms with Crippen LogP contribution in [0.5, 0.6) is 0 Å². The summed E-state index contributed by atoms with van der Waals surface area (Å²) in [5.41, 5.74) is 1.02. The fourth-order valence-corrected chi connectivity index (χ4v) is 2.02. The van der Waals surface area contributed by atoms with Gasteiger partial charge in [-0.1, -0.05) is 36.3 Å². The van der Waals surface area contributed by atoms with Gasteiger partial charge in [0.1, 0.15) is 0 Å². The van der Waals surface area contributed by atoms with Gasteiger partial charge < -0.3 is 0 Å². The fraction of sp³-hybridized carbons (Fsp3) is 0.273. The van der Waals surface area contributed by atoms with Crippen molar-refractivity contribution in [2.45, 2.75) is 13.3 Å². The smallest absolute Gasteiger partial charge is 0.215 e. The Bertz CT molecular complexity index is 435. The molecule has 0 radical (unpaired) electrons. The number of hydrogen-bond donors (Lipinski definition) is 0. The lowest BCUT2D eigenvalue weighted by atomic mass is 10.2. The first kappa shape index (κ1) is 10.8. The molecule has 0 amide bonds. The van der Waals surface area contributed by atoms with Gasteiger partial charge in [-0.2, -0.15) is 0 Å².